The van der Waals surface area contributed by atoms with Crippen molar-refractivity contribution < 1.29 is 9.90 Å². The molecule has 0 saturated heterocycles. The van der Waals surface area contributed by atoms with E-state index in [1.54, 1.807) is 0 Å². The zero-order valence-corrected chi connectivity index (χ0v) is 14.5. The molecule has 0 aliphatic carbocycles. The van der Waals surface area contributed by atoms with Gasteiger partial charge in [-0.25, -0.2) is 0 Å². The summed E-state index contributed by atoms with van der Waals surface area (Å²) >= 11 is 0. The Morgan fingerprint density at radius 2 is 1.73 bits per heavy atom. The first-order valence-electron chi connectivity index (χ1n) is 8.87. The molecule has 4 nitrogen and oxygen atoms in total. The molecule has 0 bridgehead atoms. The minimum atomic E-state index is 0.168. The van der Waals surface area contributed by atoms with Gasteiger partial charge in [0.1, 0.15) is 0 Å². The topological polar surface area (TPSA) is 52.6 Å². The predicted octanol–water partition coefficient (Wildman–Crippen LogP) is 3.11. The fourth-order valence-electron chi connectivity index (χ4n) is 2.36. The van der Waals surface area contributed by atoms with Crippen LogP contribution in [-0.2, 0) is 4.79 Å². The molecule has 1 amide bonds. The maximum Gasteiger partial charge on any atom is 0.220 e. The summed E-state index contributed by atoms with van der Waals surface area (Å²) < 4.78 is 0. The third-order valence-corrected chi connectivity index (χ3v) is 3.83. The van der Waals surface area contributed by atoms with Crippen molar-refractivity contribution in [2.45, 2.75) is 64.2 Å². The van der Waals surface area contributed by atoms with Gasteiger partial charge in [0.25, 0.3) is 0 Å². The number of rotatable bonds is 16. The lowest BCUT2D eigenvalue weighted by Gasteiger charge is -2.16. The van der Waals surface area contributed by atoms with E-state index in [1.165, 1.54) is 25.7 Å². The Labute approximate surface area is 137 Å². The molecule has 0 aromatic rings. The van der Waals surface area contributed by atoms with Crippen molar-refractivity contribution in [1.82, 2.24) is 10.2 Å². The number of carbonyl (C=O) groups excluding carboxylic acids is 1. The summed E-state index contributed by atoms with van der Waals surface area (Å²) in [6.07, 6.45) is 12.6. The van der Waals surface area contributed by atoms with Crippen LogP contribution in [0.4, 0.5) is 0 Å². The summed E-state index contributed by atoms with van der Waals surface area (Å²) in [6.45, 7) is 6.76. The monoisotopic (exact) mass is 312 g/mol. The van der Waals surface area contributed by atoms with E-state index in [-0.39, 0.29) is 5.91 Å². The molecule has 0 heterocycles. The Kier molecular flexibility index (Phi) is 15.8. The summed E-state index contributed by atoms with van der Waals surface area (Å²) in [6, 6.07) is 0. The highest BCUT2D eigenvalue weighted by atomic mass is 16.2. The molecule has 0 saturated carbocycles. The van der Waals surface area contributed by atoms with Crippen LogP contribution in [0.1, 0.15) is 64.2 Å². The van der Waals surface area contributed by atoms with Crippen LogP contribution in [0.2, 0.25) is 0 Å². The zero-order chi connectivity index (χ0) is 16.5. The van der Waals surface area contributed by atoms with Crippen molar-refractivity contribution in [2.75, 3.05) is 33.3 Å². The van der Waals surface area contributed by atoms with Crippen LogP contribution in [0.5, 0.6) is 0 Å². The van der Waals surface area contributed by atoms with Gasteiger partial charge in [-0.3, -0.25) is 4.79 Å². The molecule has 0 aromatic heterocycles. The first-order chi connectivity index (χ1) is 10.7. The lowest BCUT2D eigenvalue weighted by atomic mass is 10.1. The van der Waals surface area contributed by atoms with E-state index in [4.69, 9.17) is 5.11 Å². The average Bonchev–Trinajstić information content (AvgIpc) is 2.51. The Balaban J connectivity index is 3.32. The molecule has 130 valence electrons. The van der Waals surface area contributed by atoms with E-state index in [2.05, 4.69) is 23.8 Å². The number of unbranched alkanes of at least 4 members (excludes halogenated alkanes) is 7. The molecule has 0 fully saturated rings. The molecule has 0 spiro atoms. The van der Waals surface area contributed by atoms with Crippen molar-refractivity contribution in [3.8, 4) is 0 Å². The van der Waals surface area contributed by atoms with Crippen molar-refractivity contribution in [2.24, 2.45) is 0 Å². The summed E-state index contributed by atoms with van der Waals surface area (Å²) in [5, 5.41) is 11.7. The number of allylic oxidation sites excluding steroid dienone is 1. The van der Waals surface area contributed by atoms with Crippen molar-refractivity contribution in [3.05, 3.63) is 12.7 Å². The predicted molar refractivity (Wildman–Crippen MR) is 94.0 cm³/mol. The molecule has 0 rings (SSSR count). The van der Waals surface area contributed by atoms with E-state index in [1.807, 2.05) is 6.08 Å². The first kappa shape index (κ1) is 21.1. The van der Waals surface area contributed by atoms with Crippen molar-refractivity contribution in [3.63, 3.8) is 0 Å². The van der Waals surface area contributed by atoms with Crippen molar-refractivity contribution in [1.29, 1.82) is 0 Å². The summed E-state index contributed by atoms with van der Waals surface area (Å²) in [5.41, 5.74) is 0. The maximum atomic E-state index is 11.6. The van der Waals surface area contributed by atoms with Crippen LogP contribution in [0, 0.1) is 0 Å². The third kappa shape index (κ3) is 15.5. The van der Waals surface area contributed by atoms with Gasteiger partial charge in [0.2, 0.25) is 5.91 Å². The molecule has 0 radical (unpaired) electrons. The highest BCUT2D eigenvalue weighted by Gasteiger charge is 2.02. The zero-order valence-electron chi connectivity index (χ0n) is 14.5. The number of likely N-dealkylation sites (N-methyl/N-ethyl adjacent to an activating group) is 1. The third-order valence-electron chi connectivity index (χ3n) is 3.83. The minimum absolute atomic E-state index is 0.168. The summed E-state index contributed by atoms with van der Waals surface area (Å²) in [5.74, 6) is 0.168. The molecule has 0 aliphatic heterocycles. The standard InChI is InChI=1S/C18H36N2O2/c1-3-4-5-10-13-18(22)19-14-16-20(2)15-11-8-6-7-9-12-17-21/h3,21H,1,4-17H2,2H3,(H,19,22). The van der Waals surface area contributed by atoms with Gasteiger partial charge in [-0.15, -0.1) is 6.58 Å². The van der Waals surface area contributed by atoms with Gasteiger partial charge >= 0.3 is 0 Å². The van der Waals surface area contributed by atoms with Gasteiger partial charge in [-0.2, -0.15) is 0 Å². The van der Waals surface area contributed by atoms with Crippen LogP contribution < -0.4 is 5.32 Å². The number of amides is 1. The summed E-state index contributed by atoms with van der Waals surface area (Å²) in [7, 11) is 2.11. The number of aliphatic hydroxyl groups excluding tert-OH is 1. The second-order valence-corrected chi connectivity index (χ2v) is 6.03. The number of hydrogen-bond donors (Lipinski definition) is 2. The fourth-order valence-corrected chi connectivity index (χ4v) is 2.36. The Hall–Kier alpha value is -0.870. The van der Waals surface area contributed by atoms with Gasteiger partial charge < -0.3 is 15.3 Å². The molecular formula is C18H36N2O2. The van der Waals surface area contributed by atoms with E-state index in [9.17, 15) is 4.79 Å². The van der Waals surface area contributed by atoms with Crippen LogP contribution in [0.25, 0.3) is 0 Å². The van der Waals surface area contributed by atoms with Crippen molar-refractivity contribution >= 4 is 5.91 Å². The first-order valence-corrected chi connectivity index (χ1v) is 8.87. The summed E-state index contributed by atoms with van der Waals surface area (Å²) in [4.78, 5) is 13.9. The number of aliphatic hydroxyl groups is 1. The fraction of sp³-hybridized carbons (Fsp3) is 0.833. The largest absolute Gasteiger partial charge is 0.396 e. The molecule has 0 aliphatic rings. The van der Waals surface area contributed by atoms with E-state index in [0.717, 1.165) is 51.7 Å². The Bertz CT molecular complexity index is 270. The Morgan fingerprint density at radius 1 is 1.05 bits per heavy atom. The maximum absolute atomic E-state index is 11.6. The number of carbonyl (C=O) groups is 1. The lowest BCUT2D eigenvalue weighted by Crippen LogP contribution is -2.33. The van der Waals surface area contributed by atoms with Crippen LogP contribution in [-0.4, -0.2) is 49.2 Å². The van der Waals surface area contributed by atoms with Gasteiger partial charge in [0.15, 0.2) is 0 Å². The Morgan fingerprint density at radius 3 is 2.41 bits per heavy atom. The lowest BCUT2D eigenvalue weighted by molar-refractivity contribution is -0.121. The molecule has 0 atom stereocenters. The number of hydrogen-bond acceptors (Lipinski definition) is 3. The molecule has 2 N–H and O–H groups in total. The van der Waals surface area contributed by atoms with Gasteiger partial charge in [0, 0.05) is 26.1 Å². The molecule has 0 aromatic carbocycles. The smallest absolute Gasteiger partial charge is 0.220 e. The van der Waals surface area contributed by atoms with Gasteiger partial charge in [0.05, 0.1) is 0 Å². The van der Waals surface area contributed by atoms with Gasteiger partial charge in [-0.05, 0) is 45.7 Å². The normalized spacial score (nSPS) is 10.9. The average molecular weight is 312 g/mol. The van der Waals surface area contributed by atoms with Gasteiger partial charge in [-0.1, -0.05) is 31.8 Å². The van der Waals surface area contributed by atoms with Crippen LogP contribution in [0.3, 0.4) is 0 Å². The quantitative estimate of drug-likeness (QED) is 0.340. The molecule has 0 unspecified atom stereocenters. The molecule has 4 heteroatoms. The minimum Gasteiger partial charge on any atom is -0.396 e. The SMILES string of the molecule is C=CCCCCC(=O)NCCN(C)CCCCCCCCO. The van der Waals surface area contributed by atoms with Crippen LogP contribution in [0.15, 0.2) is 12.7 Å². The molecular weight excluding hydrogens is 276 g/mol. The second kappa shape index (κ2) is 16.5. The van der Waals surface area contributed by atoms with Crippen LogP contribution >= 0.6 is 0 Å². The van der Waals surface area contributed by atoms with E-state index in [0.29, 0.717) is 13.0 Å². The van der Waals surface area contributed by atoms with E-state index >= 15 is 0 Å². The highest BCUT2D eigenvalue weighted by molar-refractivity contribution is 5.75. The number of nitrogens with one attached hydrogen (secondary N) is 1. The molecule has 22 heavy (non-hydrogen) atoms. The highest BCUT2D eigenvalue weighted by Crippen LogP contribution is 2.05. The number of nitrogens with zero attached hydrogens (tertiary/aromatic N) is 1. The second-order valence-electron chi connectivity index (χ2n) is 6.03. The van der Waals surface area contributed by atoms with E-state index < -0.39 is 0 Å².